The Morgan fingerprint density at radius 3 is 2.55 bits per heavy atom. The summed E-state index contributed by atoms with van der Waals surface area (Å²) in [6.45, 7) is 3.19. The van der Waals surface area contributed by atoms with Crippen molar-refractivity contribution in [3.05, 3.63) is 59.9 Å². The van der Waals surface area contributed by atoms with Crippen molar-refractivity contribution >= 4 is 5.69 Å². The summed E-state index contributed by atoms with van der Waals surface area (Å²) in [6.07, 6.45) is 4.74. The number of likely N-dealkylation sites (N-methyl/N-ethyl adjacent to an activating group) is 1. The molecule has 0 fully saturated rings. The summed E-state index contributed by atoms with van der Waals surface area (Å²) in [5.74, 6) is 0. The Hall–Kier alpha value is -1.87. The van der Waals surface area contributed by atoms with Crippen LogP contribution in [0.5, 0.6) is 0 Å². The quantitative estimate of drug-likeness (QED) is 0.873. The molecule has 0 saturated heterocycles. The number of nitrogens with one attached hydrogen (secondary N) is 1. The van der Waals surface area contributed by atoms with Gasteiger partial charge in [-0.2, -0.15) is 0 Å². The second-order valence-electron chi connectivity index (χ2n) is 5.10. The van der Waals surface area contributed by atoms with Crippen LogP contribution in [-0.2, 0) is 6.42 Å². The minimum absolute atomic E-state index is 0.356. The van der Waals surface area contributed by atoms with Gasteiger partial charge in [0.25, 0.3) is 0 Å². The minimum Gasteiger partial charge on any atom is -0.374 e. The second-order valence-corrected chi connectivity index (χ2v) is 5.10. The molecule has 3 nitrogen and oxygen atoms in total. The number of anilines is 1. The molecule has 2 rings (SSSR count). The van der Waals surface area contributed by atoms with Crippen molar-refractivity contribution in [3.63, 3.8) is 0 Å². The van der Waals surface area contributed by atoms with Gasteiger partial charge in [0, 0.05) is 37.7 Å². The van der Waals surface area contributed by atoms with Gasteiger partial charge in [0.05, 0.1) is 0 Å². The molecule has 1 aromatic heterocycles. The molecule has 0 aliphatic carbocycles. The monoisotopic (exact) mass is 269 g/mol. The number of hydrogen-bond donors (Lipinski definition) is 1. The van der Waals surface area contributed by atoms with E-state index in [1.165, 1.54) is 16.8 Å². The van der Waals surface area contributed by atoms with Gasteiger partial charge in [0.2, 0.25) is 0 Å². The van der Waals surface area contributed by atoms with E-state index < -0.39 is 0 Å². The lowest BCUT2D eigenvalue weighted by Gasteiger charge is -2.25. The summed E-state index contributed by atoms with van der Waals surface area (Å²) in [6, 6.07) is 13.1. The second kappa shape index (κ2) is 7.06. The predicted octanol–water partition coefficient (Wildman–Crippen LogP) is 3.04. The molecule has 0 aliphatic heterocycles. The van der Waals surface area contributed by atoms with Crippen LogP contribution in [-0.4, -0.2) is 25.6 Å². The molecular formula is C17H23N3. The van der Waals surface area contributed by atoms with Crippen molar-refractivity contribution < 1.29 is 0 Å². The minimum atomic E-state index is 0.356. The Kier molecular flexibility index (Phi) is 5.13. The number of nitrogens with zero attached hydrogens (tertiary/aromatic N) is 2. The maximum Gasteiger partial charge on any atom is 0.0412 e. The molecular weight excluding hydrogens is 246 g/mol. The van der Waals surface area contributed by atoms with Gasteiger partial charge in [-0.25, -0.2) is 0 Å². The maximum atomic E-state index is 4.06. The van der Waals surface area contributed by atoms with Crippen LogP contribution >= 0.6 is 0 Å². The first-order chi connectivity index (χ1) is 9.72. The van der Waals surface area contributed by atoms with E-state index in [0.29, 0.717) is 6.04 Å². The summed E-state index contributed by atoms with van der Waals surface area (Å²) in [7, 11) is 4.15. The number of benzene rings is 1. The fourth-order valence-corrected chi connectivity index (χ4v) is 2.32. The third-order valence-corrected chi connectivity index (χ3v) is 3.73. The van der Waals surface area contributed by atoms with E-state index in [0.717, 1.165) is 13.0 Å². The fourth-order valence-electron chi connectivity index (χ4n) is 2.32. The van der Waals surface area contributed by atoms with Gasteiger partial charge in [-0.1, -0.05) is 18.2 Å². The molecule has 1 aromatic carbocycles. The van der Waals surface area contributed by atoms with Crippen LogP contribution < -0.4 is 10.2 Å². The smallest absolute Gasteiger partial charge is 0.0412 e. The molecule has 1 N–H and O–H groups in total. The van der Waals surface area contributed by atoms with Crippen LogP contribution in [0.4, 0.5) is 5.69 Å². The van der Waals surface area contributed by atoms with Crippen LogP contribution in [0.25, 0.3) is 0 Å². The largest absolute Gasteiger partial charge is 0.374 e. The molecule has 106 valence electrons. The average molecular weight is 269 g/mol. The molecule has 1 unspecified atom stereocenters. The van der Waals surface area contributed by atoms with E-state index in [-0.39, 0.29) is 0 Å². The Balaban J connectivity index is 2.07. The highest BCUT2D eigenvalue weighted by molar-refractivity contribution is 5.54. The van der Waals surface area contributed by atoms with E-state index in [1.807, 2.05) is 19.4 Å². The highest BCUT2D eigenvalue weighted by atomic mass is 15.1. The first-order valence-electron chi connectivity index (χ1n) is 7.08. The zero-order chi connectivity index (χ0) is 14.4. The zero-order valence-corrected chi connectivity index (χ0v) is 12.5. The van der Waals surface area contributed by atoms with Crippen LogP contribution in [0, 0.1) is 0 Å². The SMILES string of the molecule is CNC(C)c1ccccc1N(C)CCc1ccncc1. The summed E-state index contributed by atoms with van der Waals surface area (Å²) in [5, 5.41) is 3.32. The van der Waals surface area contributed by atoms with E-state index in [9.17, 15) is 0 Å². The molecule has 1 heterocycles. The van der Waals surface area contributed by atoms with Gasteiger partial charge in [-0.05, 0) is 49.7 Å². The highest BCUT2D eigenvalue weighted by Gasteiger charge is 2.11. The summed E-state index contributed by atoms with van der Waals surface area (Å²) < 4.78 is 0. The van der Waals surface area contributed by atoms with Crippen LogP contribution in [0.3, 0.4) is 0 Å². The standard InChI is InChI=1S/C17H23N3/c1-14(18-2)16-6-4-5-7-17(16)20(3)13-10-15-8-11-19-12-9-15/h4-9,11-12,14,18H,10,13H2,1-3H3. The zero-order valence-electron chi connectivity index (χ0n) is 12.5. The molecule has 2 aromatic rings. The molecule has 20 heavy (non-hydrogen) atoms. The number of hydrogen-bond acceptors (Lipinski definition) is 3. The molecule has 0 aliphatic rings. The lowest BCUT2D eigenvalue weighted by Crippen LogP contribution is -2.24. The third kappa shape index (κ3) is 3.58. The summed E-state index contributed by atoms with van der Waals surface area (Å²) >= 11 is 0. The Morgan fingerprint density at radius 1 is 1.15 bits per heavy atom. The topological polar surface area (TPSA) is 28.2 Å². The van der Waals surface area contributed by atoms with Crippen molar-refractivity contribution in [1.82, 2.24) is 10.3 Å². The van der Waals surface area contributed by atoms with Crippen molar-refractivity contribution in [2.24, 2.45) is 0 Å². The highest BCUT2D eigenvalue weighted by Crippen LogP contribution is 2.25. The molecule has 3 heteroatoms. The molecule has 0 bridgehead atoms. The van der Waals surface area contributed by atoms with Crippen LogP contribution in [0.2, 0.25) is 0 Å². The molecule has 0 saturated carbocycles. The van der Waals surface area contributed by atoms with Crippen molar-refractivity contribution in [2.45, 2.75) is 19.4 Å². The van der Waals surface area contributed by atoms with Gasteiger partial charge in [0.1, 0.15) is 0 Å². The number of para-hydroxylation sites is 1. The normalized spacial score (nSPS) is 12.2. The van der Waals surface area contributed by atoms with Gasteiger partial charge in [-0.15, -0.1) is 0 Å². The molecule has 1 atom stereocenters. The van der Waals surface area contributed by atoms with Gasteiger partial charge in [-0.3, -0.25) is 4.98 Å². The number of rotatable bonds is 6. The van der Waals surface area contributed by atoms with Gasteiger partial charge < -0.3 is 10.2 Å². The first-order valence-corrected chi connectivity index (χ1v) is 7.08. The van der Waals surface area contributed by atoms with E-state index in [1.54, 1.807) is 0 Å². The average Bonchev–Trinajstić information content (AvgIpc) is 2.52. The van der Waals surface area contributed by atoms with E-state index in [2.05, 4.69) is 65.6 Å². The predicted molar refractivity (Wildman–Crippen MR) is 85.1 cm³/mol. The lowest BCUT2D eigenvalue weighted by atomic mass is 10.1. The first kappa shape index (κ1) is 14.5. The van der Waals surface area contributed by atoms with E-state index >= 15 is 0 Å². The van der Waals surface area contributed by atoms with Gasteiger partial charge in [0.15, 0.2) is 0 Å². The summed E-state index contributed by atoms with van der Waals surface area (Å²) in [5.41, 5.74) is 3.96. The number of aromatic nitrogens is 1. The maximum absolute atomic E-state index is 4.06. The molecule has 0 spiro atoms. The fraction of sp³-hybridized carbons (Fsp3) is 0.353. The Labute approximate surface area is 121 Å². The number of pyridine rings is 1. The third-order valence-electron chi connectivity index (χ3n) is 3.73. The molecule has 0 amide bonds. The van der Waals surface area contributed by atoms with Crippen molar-refractivity contribution in [2.75, 3.05) is 25.5 Å². The molecule has 0 radical (unpaired) electrons. The van der Waals surface area contributed by atoms with Crippen molar-refractivity contribution in [1.29, 1.82) is 0 Å². The van der Waals surface area contributed by atoms with Crippen LogP contribution in [0.1, 0.15) is 24.1 Å². The van der Waals surface area contributed by atoms with Crippen molar-refractivity contribution in [3.8, 4) is 0 Å². The van der Waals surface area contributed by atoms with Gasteiger partial charge >= 0.3 is 0 Å². The lowest BCUT2D eigenvalue weighted by molar-refractivity contribution is 0.649. The van der Waals surface area contributed by atoms with E-state index in [4.69, 9.17) is 0 Å². The Morgan fingerprint density at radius 2 is 1.85 bits per heavy atom. The summed E-state index contributed by atoms with van der Waals surface area (Å²) in [4.78, 5) is 6.38. The van der Waals surface area contributed by atoms with Crippen LogP contribution in [0.15, 0.2) is 48.8 Å². The Bertz CT molecular complexity index is 525.